The first-order valence-electron chi connectivity index (χ1n) is 7.38. The van der Waals surface area contributed by atoms with Gasteiger partial charge >= 0.3 is 0 Å². The Kier molecular flexibility index (Phi) is 5.44. The molecular formula is C16H24N2O3. The number of nitrogens with one attached hydrogen (secondary N) is 2. The highest BCUT2D eigenvalue weighted by Crippen LogP contribution is 2.28. The Labute approximate surface area is 126 Å². The van der Waals surface area contributed by atoms with E-state index in [1.165, 1.54) is 0 Å². The summed E-state index contributed by atoms with van der Waals surface area (Å²) in [4.78, 5) is 11.8. The van der Waals surface area contributed by atoms with E-state index in [2.05, 4.69) is 17.6 Å². The normalized spacial score (nSPS) is 19.8. The molecule has 1 aromatic carbocycles. The Bertz CT molecular complexity index is 490. The van der Waals surface area contributed by atoms with E-state index < -0.39 is 0 Å². The minimum atomic E-state index is -0.0751. The van der Waals surface area contributed by atoms with Crippen LogP contribution in [0.25, 0.3) is 0 Å². The van der Waals surface area contributed by atoms with Crippen molar-refractivity contribution in [2.75, 3.05) is 20.8 Å². The predicted molar refractivity (Wildman–Crippen MR) is 81.9 cm³/mol. The molecule has 5 nitrogen and oxygen atoms in total. The highest BCUT2D eigenvalue weighted by atomic mass is 16.5. The SMILES string of the molecule is COc1ccc(CC(C)NC2CCCNC2=O)cc1OC. The van der Waals surface area contributed by atoms with Crippen molar-refractivity contribution in [3.05, 3.63) is 23.8 Å². The van der Waals surface area contributed by atoms with Crippen LogP contribution in [-0.2, 0) is 11.2 Å². The summed E-state index contributed by atoms with van der Waals surface area (Å²) in [6.07, 6.45) is 2.78. The standard InChI is InChI=1S/C16H24N2O3/c1-11(18-13-5-4-8-17-16(13)19)9-12-6-7-14(20-2)15(10-12)21-3/h6-7,10-11,13,18H,4-5,8-9H2,1-3H3,(H,17,19). The number of carbonyl (C=O) groups is 1. The van der Waals surface area contributed by atoms with Crippen molar-refractivity contribution < 1.29 is 14.3 Å². The third-order valence-corrected chi connectivity index (χ3v) is 3.76. The summed E-state index contributed by atoms with van der Waals surface area (Å²) in [5.41, 5.74) is 1.16. The van der Waals surface area contributed by atoms with Crippen LogP contribution in [0.1, 0.15) is 25.3 Å². The highest BCUT2D eigenvalue weighted by Gasteiger charge is 2.23. The molecule has 0 aromatic heterocycles. The van der Waals surface area contributed by atoms with E-state index >= 15 is 0 Å². The van der Waals surface area contributed by atoms with Gasteiger partial charge in [-0.3, -0.25) is 4.79 Å². The van der Waals surface area contributed by atoms with E-state index in [-0.39, 0.29) is 18.0 Å². The van der Waals surface area contributed by atoms with Gasteiger partial charge in [0.2, 0.25) is 5.91 Å². The smallest absolute Gasteiger partial charge is 0.237 e. The van der Waals surface area contributed by atoms with Gasteiger partial charge in [-0.15, -0.1) is 0 Å². The molecule has 5 heteroatoms. The van der Waals surface area contributed by atoms with Crippen LogP contribution in [0.4, 0.5) is 0 Å². The average Bonchev–Trinajstić information content (AvgIpc) is 2.49. The van der Waals surface area contributed by atoms with E-state index in [1.54, 1.807) is 14.2 Å². The van der Waals surface area contributed by atoms with Crippen molar-refractivity contribution >= 4 is 5.91 Å². The molecule has 116 valence electrons. The van der Waals surface area contributed by atoms with E-state index in [0.29, 0.717) is 0 Å². The lowest BCUT2D eigenvalue weighted by molar-refractivity contribution is -0.124. The van der Waals surface area contributed by atoms with Crippen molar-refractivity contribution in [2.45, 2.75) is 38.3 Å². The van der Waals surface area contributed by atoms with Crippen LogP contribution in [0.5, 0.6) is 11.5 Å². The molecule has 1 amide bonds. The van der Waals surface area contributed by atoms with Crippen LogP contribution >= 0.6 is 0 Å². The van der Waals surface area contributed by atoms with Crippen LogP contribution in [0.2, 0.25) is 0 Å². The quantitative estimate of drug-likeness (QED) is 0.834. The topological polar surface area (TPSA) is 59.6 Å². The molecule has 2 atom stereocenters. The molecule has 2 N–H and O–H groups in total. The molecule has 0 saturated carbocycles. The Balaban J connectivity index is 1.95. The van der Waals surface area contributed by atoms with Gasteiger partial charge in [0.05, 0.1) is 20.3 Å². The lowest BCUT2D eigenvalue weighted by Gasteiger charge is -2.26. The first-order chi connectivity index (χ1) is 10.1. The van der Waals surface area contributed by atoms with Gasteiger partial charge < -0.3 is 20.1 Å². The Hall–Kier alpha value is -1.75. The minimum absolute atomic E-state index is 0.0751. The van der Waals surface area contributed by atoms with E-state index in [4.69, 9.17) is 9.47 Å². The Morgan fingerprint density at radius 3 is 2.76 bits per heavy atom. The lowest BCUT2D eigenvalue weighted by Crippen LogP contribution is -2.51. The van der Waals surface area contributed by atoms with Crippen LogP contribution in [0.15, 0.2) is 18.2 Å². The zero-order valence-corrected chi connectivity index (χ0v) is 12.9. The largest absolute Gasteiger partial charge is 0.493 e. The molecule has 2 rings (SSSR count). The molecule has 1 fully saturated rings. The van der Waals surface area contributed by atoms with Crippen LogP contribution in [0.3, 0.4) is 0 Å². The second-order valence-electron chi connectivity index (χ2n) is 5.45. The molecule has 1 aliphatic rings. The van der Waals surface area contributed by atoms with Gasteiger partial charge in [0, 0.05) is 12.6 Å². The van der Waals surface area contributed by atoms with Gasteiger partial charge in [0.15, 0.2) is 11.5 Å². The summed E-state index contributed by atoms with van der Waals surface area (Å²) in [6.45, 7) is 2.89. The number of carbonyl (C=O) groups excluding carboxylic acids is 1. The summed E-state index contributed by atoms with van der Waals surface area (Å²) in [6, 6.07) is 6.07. The monoisotopic (exact) mass is 292 g/mol. The molecule has 0 radical (unpaired) electrons. The highest BCUT2D eigenvalue weighted by molar-refractivity contribution is 5.82. The molecule has 21 heavy (non-hydrogen) atoms. The number of hydrogen-bond donors (Lipinski definition) is 2. The summed E-state index contributed by atoms with van der Waals surface area (Å²) in [7, 11) is 3.26. The summed E-state index contributed by atoms with van der Waals surface area (Å²) >= 11 is 0. The summed E-state index contributed by atoms with van der Waals surface area (Å²) in [5.74, 6) is 1.58. The third kappa shape index (κ3) is 4.11. The molecule has 1 aliphatic heterocycles. The van der Waals surface area contributed by atoms with Crippen LogP contribution in [-0.4, -0.2) is 38.8 Å². The van der Waals surface area contributed by atoms with E-state index in [0.717, 1.165) is 42.9 Å². The molecule has 1 saturated heterocycles. The first kappa shape index (κ1) is 15.6. The summed E-state index contributed by atoms with van der Waals surface area (Å²) in [5, 5.41) is 6.30. The van der Waals surface area contributed by atoms with Crippen molar-refractivity contribution in [1.82, 2.24) is 10.6 Å². The summed E-state index contributed by atoms with van der Waals surface area (Å²) < 4.78 is 10.6. The molecule has 1 heterocycles. The fourth-order valence-corrected chi connectivity index (χ4v) is 2.69. The number of benzene rings is 1. The fraction of sp³-hybridized carbons (Fsp3) is 0.562. The number of rotatable bonds is 6. The van der Waals surface area contributed by atoms with Crippen LogP contribution < -0.4 is 20.1 Å². The maximum Gasteiger partial charge on any atom is 0.237 e. The number of methoxy groups -OCH3 is 2. The van der Waals surface area contributed by atoms with Crippen molar-refractivity contribution in [2.24, 2.45) is 0 Å². The minimum Gasteiger partial charge on any atom is -0.493 e. The van der Waals surface area contributed by atoms with Crippen molar-refractivity contribution in [3.8, 4) is 11.5 Å². The van der Waals surface area contributed by atoms with Gasteiger partial charge in [0.1, 0.15) is 0 Å². The Morgan fingerprint density at radius 2 is 2.10 bits per heavy atom. The maximum absolute atomic E-state index is 11.8. The zero-order valence-electron chi connectivity index (χ0n) is 12.9. The van der Waals surface area contributed by atoms with E-state index in [1.807, 2.05) is 18.2 Å². The zero-order chi connectivity index (χ0) is 15.2. The fourth-order valence-electron chi connectivity index (χ4n) is 2.69. The molecule has 0 bridgehead atoms. The second kappa shape index (κ2) is 7.31. The lowest BCUT2D eigenvalue weighted by atomic mass is 10.0. The number of hydrogen-bond acceptors (Lipinski definition) is 4. The molecule has 2 unspecified atom stereocenters. The second-order valence-corrected chi connectivity index (χ2v) is 5.45. The van der Waals surface area contributed by atoms with Crippen molar-refractivity contribution in [3.63, 3.8) is 0 Å². The van der Waals surface area contributed by atoms with Gasteiger partial charge in [-0.25, -0.2) is 0 Å². The first-order valence-corrected chi connectivity index (χ1v) is 7.38. The third-order valence-electron chi connectivity index (χ3n) is 3.76. The molecular weight excluding hydrogens is 268 g/mol. The van der Waals surface area contributed by atoms with Gasteiger partial charge in [-0.05, 0) is 43.9 Å². The predicted octanol–water partition coefficient (Wildman–Crippen LogP) is 1.50. The van der Waals surface area contributed by atoms with Gasteiger partial charge in [0.25, 0.3) is 0 Å². The number of ether oxygens (including phenoxy) is 2. The Morgan fingerprint density at radius 1 is 1.33 bits per heavy atom. The molecule has 0 spiro atoms. The molecule has 1 aromatic rings. The van der Waals surface area contributed by atoms with E-state index in [9.17, 15) is 4.79 Å². The van der Waals surface area contributed by atoms with Gasteiger partial charge in [-0.2, -0.15) is 0 Å². The van der Waals surface area contributed by atoms with Crippen LogP contribution in [0, 0.1) is 0 Å². The molecule has 0 aliphatic carbocycles. The maximum atomic E-state index is 11.8. The number of piperidine rings is 1. The number of amides is 1. The van der Waals surface area contributed by atoms with Crippen molar-refractivity contribution in [1.29, 1.82) is 0 Å². The average molecular weight is 292 g/mol. The van der Waals surface area contributed by atoms with Gasteiger partial charge in [-0.1, -0.05) is 6.07 Å².